The molecular weight excluding hydrogens is 376 g/mol. The molecule has 1 N–H and O–H groups in total. The molecule has 0 aliphatic carbocycles. The van der Waals surface area contributed by atoms with Crippen molar-refractivity contribution in [2.24, 2.45) is 4.99 Å². The number of hydrogen-bond donors (Lipinski definition) is 1. The van der Waals surface area contributed by atoms with Crippen molar-refractivity contribution in [1.82, 2.24) is 4.98 Å². The van der Waals surface area contributed by atoms with Crippen LogP contribution in [0.3, 0.4) is 0 Å². The number of nitrogens with one attached hydrogen (secondary N) is 1. The van der Waals surface area contributed by atoms with Gasteiger partial charge in [0.25, 0.3) is 5.92 Å². The summed E-state index contributed by atoms with van der Waals surface area (Å²) in [4.78, 5) is 20.3. The molecule has 152 valence electrons. The van der Waals surface area contributed by atoms with Crippen LogP contribution in [0.2, 0.25) is 0 Å². The third-order valence-electron chi connectivity index (χ3n) is 4.06. The van der Waals surface area contributed by atoms with Crippen LogP contribution in [0.4, 0.5) is 14.5 Å². The van der Waals surface area contributed by atoms with E-state index in [9.17, 15) is 13.6 Å². The summed E-state index contributed by atoms with van der Waals surface area (Å²) in [5, 5.41) is 2.65. The van der Waals surface area contributed by atoms with Crippen LogP contribution >= 0.6 is 0 Å². The first kappa shape index (κ1) is 22.1. The number of benzene rings is 1. The molecule has 1 amide bonds. The maximum absolute atomic E-state index is 13.8. The van der Waals surface area contributed by atoms with Gasteiger partial charge >= 0.3 is 0 Å². The molecule has 0 radical (unpaired) electrons. The van der Waals surface area contributed by atoms with Gasteiger partial charge < -0.3 is 10.1 Å². The second-order valence-corrected chi connectivity index (χ2v) is 6.13. The molecule has 0 unspecified atom stereocenters. The highest BCUT2D eigenvalue weighted by molar-refractivity contribution is 6.11. The Morgan fingerprint density at radius 1 is 1.28 bits per heavy atom. The third kappa shape index (κ3) is 6.15. The first-order valence-corrected chi connectivity index (χ1v) is 8.90. The number of allylic oxidation sites excluding steroid dienone is 2. The van der Waals surface area contributed by atoms with Gasteiger partial charge in [0.2, 0.25) is 5.91 Å². The number of aromatic nitrogens is 1. The maximum Gasteiger partial charge on any atom is 0.296 e. The van der Waals surface area contributed by atoms with E-state index >= 15 is 0 Å². The molecule has 0 saturated carbocycles. The van der Waals surface area contributed by atoms with Gasteiger partial charge in [-0.15, -0.1) is 0 Å². The highest BCUT2D eigenvalue weighted by atomic mass is 19.3. The van der Waals surface area contributed by atoms with E-state index in [-0.39, 0.29) is 11.5 Å². The van der Waals surface area contributed by atoms with Crippen molar-refractivity contribution in [3.8, 4) is 0 Å². The lowest BCUT2D eigenvalue weighted by atomic mass is 10.0. The van der Waals surface area contributed by atoms with Gasteiger partial charge in [-0.2, -0.15) is 8.78 Å². The fraction of sp³-hybridized carbons (Fsp3) is 0.227. The van der Waals surface area contributed by atoms with Crippen LogP contribution in [0.25, 0.3) is 11.6 Å². The zero-order valence-electron chi connectivity index (χ0n) is 16.5. The third-order valence-corrected chi connectivity index (χ3v) is 4.06. The lowest BCUT2D eigenvalue weighted by Crippen LogP contribution is -2.20. The predicted molar refractivity (Wildman–Crippen MR) is 112 cm³/mol. The van der Waals surface area contributed by atoms with Crippen molar-refractivity contribution >= 4 is 29.5 Å². The van der Waals surface area contributed by atoms with E-state index < -0.39 is 12.5 Å². The van der Waals surface area contributed by atoms with Gasteiger partial charge in [0.15, 0.2) is 0 Å². The van der Waals surface area contributed by atoms with Crippen LogP contribution in [0.5, 0.6) is 0 Å². The number of nitrogens with zero attached hydrogens (tertiary/aromatic N) is 2. The molecule has 1 aromatic carbocycles. The molecule has 2 rings (SSSR count). The average Bonchev–Trinajstić information content (AvgIpc) is 2.71. The van der Waals surface area contributed by atoms with E-state index in [2.05, 4.69) is 20.0 Å². The largest absolute Gasteiger partial charge is 0.378 e. The summed E-state index contributed by atoms with van der Waals surface area (Å²) >= 11 is 0. The smallest absolute Gasteiger partial charge is 0.296 e. The van der Waals surface area contributed by atoms with Crippen LogP contribution in [0.15, 0.2) is 59.9 Å². The maximum atomic E-state index is 13.8. The number of alkyl halides is 2. The number of hydrogen-bond acceptors (Lipinski definition) is 4. The molecule has 2 aromatic rings. The number of methoxy groups -OCH3 is 1. The number of aliphatic imine (C=N–C) groups is 1. The number of carbonyl (C=O) groups excluding carboxylic acids is 1. The molecule has 0 fully saturated rings. The number of anilines is 1. The number of ether oxygens (including phenoxy) is 1. The fourth-order valence-electron chi connectivity index (χ4n) is 2.65. The molecule has 1 heterocycles. The summed E-state index contributed by atoms with van der Waals surface area (Å²) in [6, 6.07) is 7.22. The van der Waals surface area contributed by atoms with Gasteiger partial charge in [-0.3, -0.25) is 14.8 Å². The summed E-state index contributed by atoms with van der Waals surface area (Å²) in [5.74, 6) is -3.47. The van der Waals surface area contributed by atoms with Gasteiger partial charge in [-0.1, -0.05) is 18.2 Å². The van der Waals surface area contributed by atoms with Crippen molar-refractivity contribution < 1.29 is 18.3 Å². The summed E-state index contributed by atoms with van der Waals surface area (Å²) in [6.07, 6.45) is 9.98. The molecular formula is C22H23F2N3O2. The topological polar surface area (TPSA) is 63.6 Å². The number of amides is 1. The van der Waals surface area contributed by atoms with Crippen LogP contribution in [0.1, 0.15) is 23.6 Å². The second-order valence-electron chi connectivity index (χ2n) is 6.13. The minimum atomic E-state index is -3.08. The summed E-state index contributed by atoms with van der Waals surface area (Å²) in [7, 11) is 2.90. The Labute approximate surface area is 168 Å². The summed E-state index contributed by atoms with van der Waals surface area (Å²) in [6.45, 7) is 1.20. The van der Waals surface area contributed by atoms with Crippen LogP contribution in [-0.4, -0.2) is 37.9 Å². The Balaban J connectivity index is 2.11. The molecule has 29 heavy (non-hydrogen) atoms. The highest BCUT2D eigenvalue weighted by Crippen LogP contribution is 2.29. The summed E-state index contributed by atoms with van der Waals surface area (Å²) in [5.41, 5.74) is 2.79. The Bertz CT molecular complexity index is 920. The number of carbonyl (C=O) groups is 1. The van der Waals surface area contributed by atoms with E-state index in [1.807, 2.05) is 19.1 Å². The standard InChI is InChI=1S/C22H23F2N3O2/c1-4-16(13-25-2)20-11-12-26-14-17(20)5-10-21(28)27-19-8-6-18(7-9-19)22(23,24)15-29-3/h4-14H,15H2,1-3H3,(H,27,28)/b10-5+,16-4+,25-13?. The lowest BCUT2D eigenvalue weighted by molar-refractivity contribution is -0.111. The van der Waals surface area contributed by atoms with E-state index in [1.165, 1.54) is 37.5 Å². The van der Waals surface area contributed by atoms with Crippen molar-refractivity contribution in [1.29, 1.82) is 0 Å². The first-order chi connectivity index (χ1) is 13.9. The van der Waals surface area contributed by atoms with Crippen LogP contribution in [-0.2, 0) is 15.5 Å². The molecule has 0 aliphatic heterocycles. The number of rotatable bonds is 8. The molecule has 0 saturated heterocycles. The van der Waals surface area contributed by atoms with E-state index in [1.54, 1.807) is 31.7 Å². The zero-order chi connectivity index (χ0) is 21.3. The van der Waals surface area contributed by atoms with Crippen LogP contribution < -0.4 is 5.32 Å². The second kappa shape index (κ2) is 10.4. The van der Waals surface area contributed by atoms with E-state index in [0.29, 0.717) is 5.69 Å². The minimum absolute atomic E-state index is 0.177. The Hall–Kier alpha value is -3.19. The normalized spacial score (nSPS) is 12.7. The van der Waals surface area contributed by atoms with Gasteiger partial charge in [0, 0.05) is 55.7 Å². The molecule has 0 aliphatic rings. The van der Waals surface area contributed by atoms with Gasteiger partial charge in [-0.05, 0) is 42.3 Å². The SMILES string of the molecule is C/C=C(\C=NC)c1ccncc1/C=C/C(=O)Nc1ccc(C(F)(F)COC)cc1. The van der Waals surface area contributed by atoms with E-state index in [4.69, 9.17) is 0 Å². The number of pyridine rings is 1. The monoisotopic (exact) mass is 399 g/mol. The molecule has 5 nitrogen and oxygen atoms in total. The first-order valence-electron chi connectivity index (χ1n) is 8.90. The summed E-state index contributed by atoms with van der Waals surface area (Å²) < 4.78 is 32.1. The fourth-order valence-corrected chi connectivity index (χ4v) is 2.65. The average molecular weight is 399 g/mol. The Morgan fingerprint density at radius 3 is 2.62 bits per heavy atom. The van der Waals surface area contributed by atoms with Gasteiger partial charge in [0.05, 0.1) is 0 Å². The van der Waals surface area contributed by atoms with Crippen molar-refractivity contribution in [3.05, 3.63) is 71.6 Å². The Kier molecular flexibility index (Phi) is 7.91. The van der Waals surface area contributed by atoms with Crippen LogP contribution in [0, 0.1) is 0 Å². The van der Waals surface area contributed by atoms with Crippen molar-refractivity contribution in [2.75, 3.05) is 26.1 Å². The van der Waals surface area contributed by atoms with Crippen molar-refractivity contribution in [3.63, 3.8) is 0 Å². The molecule has 1 aromatic heterocycles. The molecule has 0 spiro atoms. The highest BCUT2D eigenvalue weighted by Gasteiger charge is 2.31. The minimum Gasteiger partial charge on any atom is -0.378 e. The predicted octanol–water partition coefficient (Wildman–Crippen LogP) is 4.58. The zero-order valence-corrected chi connectivity index (χ0v) is 16.5. The molecule has 0 bridgehead atoms. The Morgan fingerprint density at radius 2 is 2.00 bits per heavy atom. The van der Waals surface area contributed by atoms with E-state index in [0.717, 1.165) is 16.7 Å². The quantitative estimate of drug-likeness (QED) is 0.522. The molecule has 7 heteroatoms. The van der Waals surface area contributed by atoms with Gasteiger partial charge in [0.1, 0.15) is 6.61 Å². The van der Waals surface area contributed by atoms with Gasteiger partial charge in [-0.25, -0.2) is 0 Å². The molecule has 0 atom stereocenters. The lowest BCUT2D eigenvalue weighted by Gasteiger charge is -2.15. The number of halogens is 2. The van der Waals surface area contributed by atoms with Crippen molar-refractivity contribution in [2.45, 2.75) is 12.8 Å².